The first-order valence-electron chi connectivity index (χ1n) is 8.06. The van der Waals surface area contributed by atoms with Gasteiger partial charge in [0.1, 0.15) is 5.75 Å². The van der Waals surface area contributed by atoms with Crippen molar-refractivity contribution in [1.82, 2.24) is 9.78 Å². The topological polar surface area (TPSA) is 56.2 Å². The van der Waals surface area contributed by atoms with Crippen LogP contribution in [0, 0.1) is 23.3 Å². The Morgan fingerprint density at radius 1 is 1.10 bits per heavy atom. The molecule has 12 heteroatoms. The van der Waals surface area contributed by atoms with E-state index in [-0.39, 0.29) is 23.2 Å². The molecule has 158 valence electrons. The number of hydrogen-bond acceptors (Lipinski definition) is 3. The summed E-state index contributed by atoms with van der Waals surface area (Å²) in [6.07, 6.45) is 1.19. The fraction of sp³-hybridized carbons (Fsp3) is 0.111. The van der Waals surface area contributed by atoms with E-state index in [4.69, 9.17) is 0 Å². The van der Waals surface area contributed by atoms with Gasteiger partial charge in [-0.25, -0.2) is 17.6 Å². The van der Waals surface area contributed by atoms with E-state index in [1.54, 1.807) is 0 Å². The first-order valence-corrected chi connectivity index (χ1v) is 8.86. The lowest BCUT2D eigenvalue weighted by atomic mass is 10.2. The largest absolute Gasteiger partial charge is 0.434 e. The molecule has 1 amide bonds. The summed E-state index contributed by atoms with van der Waals surface area (Å²) in [5.74, 6) is -7.62. The average Bonchev–Trinajstić information content (AvgIpc) is 3.11. The van der Waals surface area contributed by atoms with Crippen LogP contribution in [0.15, 0.2) is 41.0 Å². The zero-order chi connectivity index (χ0) is 22.0. The van der Waals surface area contributed by atoms with Crippen molar-refractivity contribution in [3.05, 3.63) is 75.4 Å². The van der Waals surface area contributed by atoms with Crippen LogP contribution in [0.25, 0.3) is 0 Å². The van der Waals surface area contributed by atoms with Gasteiger partial charge >= 0.3 is 6.61 Å². The summed E-state index contributed by atoms with van der Waals surface area (Å²) >= 11 is 3.11. The second kappa shape index (κ2) is 8.78. The van der Waals surface area contributed by atoms with Crippen LogP contribution in [0.5, 0.6) is 5.75 Å². The minimum absolute atomic E-state index is 0.0833. The Labute approximate surface area is 173 Å². The number of hydrogen-bond donors (Lipinski definition) is 1. The van der Waals surface area contributed by atoms with Crippen LogP contribution in [-0.4, -0.2) is 22.3 Å². The highest BCUT2D eigenvalue weighted by atomic mass is 79.9. The highest BCUT2D eigenvalue weighted by Crippen LogP contribution is 2.26. The van der Waals surface area contributed by atoms with Gasteiger partial charge in [0.2, 0.25) is 0 Å². The third-order valence-electron chi connectivity index (χ3n) is 3.81. The van der Waals surface area contributed by atoms with Crippen molar-refractivity contribution in [3.8, 4) is 5.75 Å². The SMILES string of the molecule is O=C(Nc1ccn(Cc2c(F)c(F)cc(F)c2F)n1)c1cc(Br)ccc1OC(F)F. The maximum atomic E-state index is 13.8. The van der Waals surface area contributed by atoms with Gasteiger partial charge < -0.3 is 10.1 Å². The zero-order valence-corrected chi connectivity index (χ0v) is 16.2. The van der Waals surface area contributed by atoms with Crippen LogP contribution < -0.4 is 10.1 Å². The van der Waals surface area contributed by atoms with Gasteiger partial charge in [-0.2, -0.15) is 13.9 Å². The van der Waals surface area contributed by atoms with E-state index in [1.165, 1.54) is 24.4 Å². The van der Waals surface area contributed by atoms with Gasteiger partial charge in [-0.1, -0.05) is 15.9 Å². The van der Waals surface area contributed by atoms with Gasteiger partial charge in [0.05, 0.1) is 17.7 Å². The number of amides is 1. The van der Waals surface area contributed by atoms with E-state index in [9.17, 15) is 31.1 Å². The van der Waals surface area contributed by atoms with Crippen molar-refractivity contribution in [3.63, 3.8) is 0 Å². The molecule has 1 aromatic heterocycles. The Bertz CT molecular complexity index is 1080. The van der Waals surface area contributed by atoms with Crippen LogP contribution >= 0.6 is 15.9 Å². The maximum absolute atomic E-state index is 13.8. The highest BCUT2D eigenvalue weighted by molar-refractivity contribution is 9.10. The standard InChI is InChI=1S/C18H10BrF6N3O2/c19-8-1-2-13(30-18(24)25)9(5-8)17(29)26-14-3-4-28(27-14)7-10-15(22)11(20)6-12(21)16(10)23/h1-6,18H,7H2,(H,26,27,29). The van der Waals surface area contributed by atoms with E-state index >= 15 is 0 Å². The molecule has 2 aromatic carbocycles. The fourth-order valence-corrected chi connectivity index (χ4v) is 2.86. The van der Waals surface area contributed by atoms with Gasteiger partial charge in [0.15, 0.2) is 29.1 Å². The Hall–Kier alpha value is -3.02. The molecule has 0 saturated carbocycles. The number of alkyl halides is 2. The van der Waals surface area contributed by atoms with E-state index in [0.717, 1.165) is 10.7 Å². The average molecular weight is 494 g/mol. The van der Waals surface area contributed by atoms with Gasteiger partial charge in [0, 0.05) is 22.8 Å². The van der Waals surface area contributed by atoms with Crippen LogP contribution in [0.3, 0.4) is 0 Å². The number of halogens is 7. The Balaban J connectivity index is 1.80. The molecule has 0 unspecified atom stereocenters. The third-order valence-corrected chi connectivity index (χ3v) is 4.30. The first-order chi connectivity index (χ1) is 14.2. The van der Waals surface area contributed by atoms with Crippen molar-refractivity contribution < 1.29 is 35.9 Å². The van der Waals surface area contributed by atoms with Crippen LogP contribution in [-0.2, 0) is 6.54 Å². The number of carbonyl (C=O) groups excluding carboxylic acids is 1. The zero-order valence-electron chi connectivity index (χ0n) is 14.6. The van der Waals surface area contributed by atoms with Gasteiger partial charge in [-0.3, -0.25) is 9.48 Å². The molecule has 1 heterocycles. The van der Waals surface area contributed by atoms with Crippen molar-refractivity contribution in [1.29, 1.82) is 0 Å². The summed E-state index contributed by atoms with van der Waals surface area (Å²) in [6.45, 7) is -3.83. The normalized spacial score (nSPS) is 11.1. The Morgan fingerprint density at radius 3 is 2.40 bits per heavy atom. The minimum Gasteiger partial charge on any atom is -0.434 e. The number of rotatable bonds is 6. The van der Waals surface area contributed by atoms with Crippen molar-refractivity contribution >= 4 is 27.7 Å². The summed E-state index contributed by atoms with van der Waals surface area (Å²) < 4.78 is 84.9. The molecule has 0 aliphatic carbocycles. The van der Waals surface area contributed by atoms with E-state index < -0.39 is 47.9 Å². The molecule has 30 heavy (non-hydrogen) atoms. The van der Waals surface area contributed by atoms with E-state index in [2.05, 4.69) is 31.1 Å². The summed E-state index contributed by atoms with van der Waals surface area (Å²) in [5.41, 5.74) is -1.13. The molecule has 0 spiro atoms. The summed E-state index contributed by atoms with van der Waals surface area (Å²) in [5, 5.41) is 6.14. The molecule has 0 radical (unpaired) electrons. The quantitative estimate of drug-likeness (QED) is 0.383. The summed E-state index contributed by atoms with van der Waals surface area (Å²) in [4.78, 5) is 12.4. The number of aromatic nitrogens is 2. The van der Waals surface area contributed by atoms with Crippen molar-refractivity contribution in [2.24, 2.45) is 0 Å². The second-order valence-corrected chi connectivity index (χ2v) is 6.73. The molecule has 3 aromatic rings. The molecule has 0 fully saturated rings. The molecule has 0 atom stereocenters. The number of ether oxygens (including phenoxy) is 1. The lowest BCUT2D eigenvalue weighted by molar-refractivity contribution is -0.0501. The molecule has 0 aliphatic rings. The molecule has 5 nitrogen and oxygen atoms in total. The minimum atomic E-state index is -3.16. The number of carbonyl (C=O) groups is 1. The van der Waals surface area contributed by atoms with Gasteiger partial charge in [0.25, 0.3) is 5.91 Å². The maximum Gasteiger partial charge on any atom is 0.387 e. The predicted octanol–water partition coefficient (Wildman–Crippen LogP) is 5.10. The number of nitrogens with one attached hydrogen (secondary N) is 1. The predicted molar refractivity (Wildman–Crippen MR) is 96.3 cm³/mol. The highest BCUT2D eigenvalue weighted by Gasteiger charge is 2.21. The van der Waals surface area contributed by atoms with Crippen LogP contribution in [0.2, 0.25) is 0 Å². The van der Waals surface area contributed by atoms with Crippen molar-refractivity contribution in [2.45, 2.75) is 13.2 Å². The number of anilines is 1. The molecule has 0 aliphatic heterocycles. The van der Waals surface area contributed by atoms with E-state index in [0.29, 0.717) is 4.47 Å². The fourth-order valence-electron chi connectivity index (χ4n) is 2.50. The Morgan fingerprint density at radius 2 is 1.77 bits per heavy atom. The number of benzene rings is 2. The number of nitrogens with zero attached hydrogens (tertiary/aromatic N) is 2. The van der Waals surface area contributed by atoms with E-state index in [1.807, 2.05) is 0 Å². The lowest BCUT2D eigenvalue weighted by Gasteiger charge is -2.10. The third kappa shape index (κ3) is 4.75. The molecule has 3 rings (SSSR count). The molecule has 0 saturated heterocycles. The van der Waals surface area contributed by atoms with Gasteiger partial charge in [-0.05, 0) is 18.2 Å². The smallest absolute Gasteiger partial charge is 0.387 e. The summed E-state index contributed by atoms with van der Waals surface area (Å²) in [6, 6.07) is 5.11. The Kier molecular flexibility index (Phi) is 6.34. The van der Waals surface area contributed by atoms with Crippen LogP contribution in [0.4, 0.5) is 32.2 Å². The molecular weight excluding hydrogens is 484 g/mol. The molecule has 0 bridgehead atoms. The van der Waals surface area contributed by atoms with Gasteiger partial charge in [-0.15, -0.1) is 0 Å². The van der Waals surface area contributed by atoms with Crippen LogP contribution in [0.1, 0.15) is 15.9 Å². The monoisotopic (exact) mass is 493 g/mol. The molecule has 1 N–H and O–H groups in total. The molecular formula is C18H10BrF6N3O2. The second-order valence-electron chi connectivity index (χ2n) is 5.82. The lowest BCUT2D eigenvalue weighted by Crippen LogP contribution is -2.16. The first kappa shape index (κ1) is 21.7. The van der Waals surface area contributed by atoms with Crippen molar-refractivity contribution in [2.75, 3.05) is 5.32 Å². The summed E-state index contributed by atoms with van der Waals surface area (Å²) in [7, 11) is 0.